The van der Waals surface area contributed by atoms with Gasteiger partial charge in [0.1, 0.15) is 0 Å². The number of halogens is 2. The zero-order valence-corrected chi connectivity index (χ0v) is 17.7. The van der Waals surface area contributed by atoms with E-state index < -0.39 is 5.97 Å². The summed E-state index contributed by atoms with van der Waals surface area (Å²) in [7, 11) is 0. The van der Waals surface area contributed by atoms with Crippen molar-refractivity contribution in [2.24, 2.45) is 0 Å². The molecule has 0 radical (unpaired) electrons. The molecule has 2 heterocycles. The number of nitrogens with zero attached hydrogens (tertiary/aromatic N) is 2. The SMILES string of the molecule is C/C=C/C1=CCC(c2c(C)c(C(=O)OCC)nn2-c2ccc(Cl)cc2Cl)S1. The Morgan fingerprint density at radius 2 is 2.22 bits per heavy atom. The maximum atomic E-state index is 12.4. The Kier molecular flexibility index (Phi) is 6.35. The van der Waals surface area contributed by atoms with Gasteiger partial charge in [0.25, 0.3) is 0 Å². The Bertz CT molecular complexity index is 934. The summed E-state index contributed by atoms with van der Waals surface area (Å²) in [4.78, 5) is 13.6. The molecule has 1 unspecified atom stereocenters. The fraction of sp³-hybridized carbons (Fsp3) is 0.300. The van der Waals surface area contributed by atoms with Crippen LogP contribution in [0.4, 0.5) is 0 Å². The Hall–Kier alpha value is -1.69. The van der Waals surface area contributed by atoms with E-state index in [4.69, 9.17) is 27.9 Å². The molecule has 27 heavy (non-hydrogen) atoms. The van der Waals surface area contributed by atoms with Gasteiger partial charge in [0.15, 0.2) is 5.69 Å². The molecule has 142 valence electrons. The third-order valence-electron chi connectivity index (χ3n) is 4.22. The summed E-state index contributed by atoms with van der Waals surface area (Å²) >= 11 is 14.2. The van der Waals surface area contributed by atoms with Gasteiger partial charge in [0, 0.05) is 15.5 Å². The highest BCUT2D eigenvalue weighted by Gasteiger charge is 2.30. The second-order valence-corrected chi connectivity index (χ2v) is 8.16. The molecule has 0 spiro atoms. The van der Waals surface area contributed by atoms with Crippen LogP contribution in [0, 0.1) is 6.92 Å². The van der Waals surface area contributed by atoms with Crippen LogP contribution in [-0.4, -0.2) is 22.4 Å². The zero-order chi connectivity index (χ0) is 19.6. The van der Waals surface area contributed by atoms with E-state index in [1.807, 2.05) is 26.0 Å². The van der Waals surface area contributed by atoms with Crippen LogP contribution in [-0.2, 0) is 4.74 Å². The van der Waals surface area contributed by atoms with E-state index in [2.05, 4.69) is 17.3 Å². The minimum atomic E-state index is -0.426. The second-order valence-electron chi connectivity index (χ2n) is 6.04. The number of carbonyl (C=O) groups is 1. The van der Waals surface area contributed by atoms with Crippen LogP contribution in [0.25, 0.3) is 5.69 Å². The Morgan fingerprint density at radius 3 is 2.89 bits per heavy atom. The van der Waals surface area contributed by atoms with Gasteiger partial charge in [0.05, 0.1) is 28.3 Å². The van der Waals surface area contributed by atoms with E-state index in [0.717, 1.165) is 17.7 Å². The third kappa shape index (κ3) is 4.10. The van der Waals surface area contributed by atoms with Gasteiger partial charge in [-0.3, -0.25) is 0 Å². The van der Waals surface area contributed by atoms with Crippen molar-refractivity contribution in [2.75, 3.05) is 6.61 Å². The van der Waals surface area contributed by atoms with Crippen LogP contribution in [0.3, 0.4) is 0 Å². The zero-order valence-electron chi connectivity index (χ0n) is 15.3. The van der Waals surface area contributed by atoms with Crippen LogP contribution in [0.1, 0.15) is 47.3 Å². The maximum Gasteiger partial charge on any atom is 0.359 e. The first-order valence-corrected chi connectivity index (χ1v) is 10.3. The van der Waals surface area contributed by atoms with Crippen molar-refractivity contribution >= 4 is 40.9 Å². The lowest BCUT2D eigenvalue weighted by molar-refractivity contribution is 0.0518. The topological polar surface area (TPSA) is 44.1 Å². The highest BCUT2D eigenvalue weighted by Crippen LogP contribution is 2.46. The maximum absolute atomic E-state index is 12.4. The van der Waals surface area contributed by atoms with Crippen molar-refractivity contribution < 1.29 is 9.53 Å². The molecule has 1 atom stereocenters. The number of ether oxygens (including phenoxy) is 1. The van der Waals surface area contributed by atoms with E-state index in [1.54, 1.807) is 35.5 Å². The standard InChI is InChI=1S/C20H20Cl2N2O2S/c1-4-6-14-8-10-17(27-14)19-12(3)18(20(25)26-5-2)23-24(19)16-9-7-13(21)11-15(16)22/h4,6-9,11,17H,5,10H2,1-3H3/b6-4+. The monoisotopic (exact) mass is 422 g/mol. The number of allylic oxidation sites excluding steroid dienone is 3. The highest BCUT2D eigenvalue weighted by molar-refractivity contribution is 8.03. The predicted octanol–water partition coefficient (Wildman–Crippen LogP) is 6.30. The van der Waals surface area contributed by atoms with Crippen molar-refractivity contribution in [1.82, 2.24) is 9.78 Å². The normalized spacial score (nSPS) is 16.8. The van der Waals surface area contributed by atoms with Crippen LogP contribution >= 0.6 is 35.0 Å². The highest BCUT2D eigenvalue weighted by atomic mass is 35.5. The first-order chi connectivity index (χ1) is 13.0. The number of thioether (sulfide) groups is 1. The fourth-order valence-corrected chi connectivity index (χ4v) is 4.84. The Morgan fingerprint density at radius 1 is 1.44 bits per heavy atom. The van der Waals surface area contributed by atoms with Crippen LogP contribution < -0.4 is 0 Å². The molecule has 1 aliphatic rings. The lowest BCUT2D eigenvalue weighted by atomic mass is 10.1. The molecule has 1 aromatic heterocycles. The Labute approximate surface area is 173 Å². The largest absolute Gasteiger partial charge is 0.461 e. The molecule has 1 aliphatic heterocycles. The van der Waals surface area contributed by atoms with Gasteiger partial charge in [-0.25, -0.2) is 9.48 Å². The van der Waals surface area contributed by atoms with Crippen LogP contribution in [0.15, 0.2) is 41.3 Å². The summed E-state index contributed by atoms with van der Waals surface area (Å²) < 4.78 is 6.94. The number of aromatic nitrogens is 2. The average molecular weight is 423 g/mol. The lowest BCUT2D eigenvalue weighted by Gasteiger charge is -2.15. The van der Waals surface area contributed by atoms with E-state index in [1.165, 1.54) is 4.91 Å². The number of hydrogen-bond acceptors (Lipinski definition) is 4. The van der Waals surface area contributed by atoms with Gasteiger partial charge in [-0.15, -0.1) is 11.8 Å². The molecular weight excluding hydrogens is 403 g/mol. The van der Waals surface area contributed by atoms with Gasteiger partial charge in [-0.2, -0.15) is 5.10 Å². The summed E-state index contributed by atoms with van der Waals surface area (Å²) in [6, 6.07) is 5.25. The fourth-order valence-electron chi connectivity index (χ4n) is 3.04. The van der Waals surface area contributed by atoms with Crippen molar-refractivity contribution in [3.63, 3.8) is 0 Å². The average Bonchev–Trinajstić information content (AvgIpc) is 3.20. The third-order valence-corrected chi connectivity index (χ3v) is 6.03. The molecule has 7 heteroatoms. The molecule has 0 saturated carbocycles. The smallest absolute Gasteiger partial charge is 0.359 e. The molecule has 2 aromatic rings. The first kappa shape index (κ1) is 20.1. The van der Waals surface area contributed by atoms with Crippen LogP contribution in [0.5, 0.6) is 0 Å². The minimum Gasteiger partial charge on any atom is -0.461 e. The van der Waals surface area contributed by atoms with Crippen molar-refractivity contribution in [3.05, 3.63) is 68.3 Å². The summed E-state index contributed by atoms with van der Waals surface area (Å²) in [5.74, 6) is -0.426. The predicted molar refractivity (Wildman–Crippen MR) is 112 cm³/mol. The van der Waals surface area contributed by atoms with Gasteiger partial charge in [0.2, 0.25) is 0 Å². The quantitative estimate of drug-likeness (QED) is 0.529. The minimum absolute atomic E-state index is 0.138. The summed E-state index contributed by atoms with van der Waals surface area (Å²) in [5.41, 5.74) is 2.77. The van der Waals surface area contributed by atoms with Crippen molar-refractivity contribution in [2.45, 2.75) is 32.4 Å². The molecule has 0 bridgehead atoms. The number of carbonyl (C=O) groups excluding carboxylic acids is 1. The van der Waals surface area contributed by atoms with E-state index >= 15 is 0 Å². The van der Waals surface area contributed by atoms with E-state index in [9.17, 15) is 4.79 Å². The molecule has 0 fully saturated rings. The molecule has 4 nitrogen and oxygen atoms in total. The van der Waals surface area contributed by atoms with Gasteiger partial charge >= 0.3 is 5.97 Å². The van der Waals surface area contributed by atoms with Crippen molar-refractivity contribution in [3.8, 4) is 5.69 Å². The summed E-state index contributed by atoms with van der Waals surface area (Å²) in [6.45, 7) is 5.98. The molecule has 0 N–H and O–H groups in total. The number of esters is 1. The molecule has 0 saturated heterocycles. The second kappa shape index (κ2) is 8.55. The molecule has 1 aromatic carbocycles. The lowest BCUT2D eigenvalue weighted by Crippen LogP contribution is -2.08. The number of rotatable bonds is 5. The summed E-state index contributed by atoms with van der Waals surface area (Å²) in [5, 5.41) is 5.73. The summed E-state index contributed by atoms with van der Waals surface area (Å²) in [6.07, 6.45) is 7.15. The first-order valence-electron chi connectivity index (χ1n) is 8.67. The van der Waals surface area contributed by atoms with E-state index in [0.29, 0.717) is 28.0 Å². The van der Waals surface area contributed by atoms with Gasteiger partial charge in [-0.05, 0) is 45.4 Å². The number of hydrogen-bond donors (Lipinski definition) is 0. The Balaban J connectivity index is 2.11. The van der Waals surface area contributed by atoms with Crippen molar-refractivity contribution in [1.29, 1.82) is 0 Å². The van der Waals surface area contributed by atoms with Gasteiger partial charge in [-0.1, -0.05) is 41.4 Å². The molecule has 0 aliphatic carbocycles. The molecule has 0 amide bonds. The van der Waals surface area contributed by atoms with Gasteiger partial charge < -0.3 is 4.74 Å². The van der Waals surface area contributed by atoms with E-state index in [-0.39, 0.29) is 5.25 Å². The number of benzene rings is 1. The molecule has 3 rings (SSSR count). The molecular formula is C20H20Cl2N2O2S. The van der Waals surface area contributed by atoms with Crippen LogP contribution in [0.2, 0.25) is 10.0 Å².